The van der Waals surface area contributed by atoms with Gasteiger partial charge in [-0.3, -0.25) is 0 Å². The third kappa shape index (κ3) is 3.30. The van der Waals surface area contributed by atoms with Crippen LogP contribution in [0.25, 0.3) is 0 Å². The van der Waals surface area contributed by atoms with Crippen LogP contribution in [0.1, 0.15) is 42.9 Å². The molecule has 17 heavy (non-hydrogen) atoms. The first-order chi connectivity index (χ1) is 8.20. The highest BCUT2D eigenvalue weighted by atomic mass is 79.9. The van der Waals surface area contributed by atoms with Crippen LogP contribution in [0.15, 0.2) is 22.7 Å². The minimum atomic E-state index is 0.287. The van der Waals surface area contributed by atoms with E-state index in [2.05, 4.69) is 46.4 Å². The van der Waals surface area contributed by atoms with E-state index in [1.54, 1.807) is 0 Å². The summed E-state index contributed by atoms with van der Waals surface area (Å²) in [6.45, 7) is 2.77. The van der Waals surface area contributed by atoms with Crippen molar-refractivity contribution in [3.63, 3.8) is 0 Å². The number of benzene rings is 1. The smallest absolute Gasteiger partial charge is 0.0447 e. The third-order valence-electron chi connectivity index (χ3n) is 3.63. The Bertz CT molecular complexity index is 372. The van der Waals surface area contributed by atoms with E-state index in [4.69, 9.17) is 5.73 Å². The van der Waals surface area contributed by atoms with Crippen LogP contribution < -0.4 is 11.1 Å². The molecule has 1 aliphatic carbocycles. The summed E-state index contributed by atoms with van der Waals surface area (Å²) in [7, 11) is 0. The zero-order valence-corrected chi connectivity index (χ0v) is 12.0. The Balaban J connectivity index is 2.08. The van der Waals surface area contributed by atoms with Crippen molar-refractivity contribution in [2.24, 2.45) is 5.73 Å². The van der Waals surface area contributed by atoms with Crippen molar-refractivity contribution in [2.45, 2.75) is 44.7 Å². The zero-order valence-electron chi connectivity index (χ0n) is 10.4. The fraction of sp³-hybridized carbons (Fsp3) is 0.571. The summed E-state index contributed by atoms with van der Waals surface area (Å²) in [5.41, 5.74) is 8.45. The number of hydrogen-bond acceptors (Lipinski definition) is 2. The number of aryl methyl sites for hydroxylation is 1. The summed E-state index contributed by atoms with van der Waals surface area (Å²) >= 11 is 3.59. The number of rotatable bonds is 4. The molecule has 1 unspecified atom stereocenters. The van der Waals surface area contributed by atoms with Gasteiger partial charge in [-0.1, -0.05) is 40.9 Å². The van der Waals surface area contributed by atoms with E-state index >= 15 is 0 Å². The molecule has 0 bridgehead atoms. The molecule has 1 aliphatic rings. The summed E-state index contributed by atoms with van der Waals surface area (Å²) in [5.74, 6) is 0. The standard InChI is InChI=1S/C14H21BrN2/c1-10-6-7-11(8-13(10)15)14(9-16)17-12-4-2-3-5-12/h6-8,12,14,17H,2-5,9,16H2,1H3. The molecule has 0 aliphatic heterocycles. The topological polar surface area (TPSA) is 38.0 Å². The molecular formula is C14H21BrN2. The fourth-order valence-corrected chi connectivity index (χ4v) is 2.90. The molecule has 1 atom stereocenters. The second-order valence-corrected chi connectivity index (χ2v) is 5.80. The lowest BCUT2D eigenvalue weighted by molar-refractivity contribution is 0.444. The quantitative estimate of drug-likeness (QED) is 0.895. The number of halogens is 1. The first-order valence-corrected chi connectivity index (χ1v) is 7.22. The predicted octanol–water partition coefficient (Wildman–Crippen LogP) is 3.29. The van der Waals surface area contributed by atoms with Crippen molar-refractivity contribution in [1.29, 1.82) is 0 Å². The normalized spacial score (nSPS) is 18.5. The second kappa shape index (κ2) is 5.98. The Kier molecular flexibility index (Phi) is 4.60. The molecule has 1 aromatic carbocycles. The molecule has 0 saturated heterocycles. The number of nitrogens with two attached hydrogens (primary N) is 1. The molecular weight excluding hydrogens is 276 g/mol. The monoisotopic (exact) mass is 296 g/mol. The third-order valence-corrected chi connectivity index (χ3v) is 4.48. The van der Waals surface area contributed by atoms with Gasteiger partial charge in [0.25, 0.3) is 0 Å². The van der Waals surface area contributed by atoms with E-state index in [1.807, 2.05) is 0 Å². The minimum Gasteiger partial charge on any atom is -0.329 e. The highest BCUT2D eigenvalue weighted by Gasteiger charge is 2.19. The molecule has 94 valence electrons. The van der Waals surface area contributed by atoms with Crippen molar-refractivity contribution >= 4 is 15.9 Å². The van der Waals surface area contributed by atoms with E-state index in [1.165, 1.54) is 41.3 Å². The van der Waals surface area contributed by atoms with E-state index in [9.17, 15) is 0 Å². The van der Waals surface area contributed by atoms with Crippen LogP contribution in [0.5, 0.6) is 0 Å². The van der Waals surface area contributed by atoms with Gasteiger partial charge in [-0.05, 0) is 37.0 Å². The van der Waals surface area contributed by atoms with Crippen LogP contribution in [0.3, 0.4) is 0 Å². The van der Waals surface area contributed by atoms with Gasteiger partial charge in [0, 0.05) is 23.1 Å². The summed E-state index contributed by atoms with van der Waals surface area (Å²) in [5, 5.41) is 3.68. The Morgan fingerprint density at radius 3 is 2.71 bits per heavy atom. The van der Waals surface area contributed by atoms with Crippen LogP contribution >= 0.6 is 15.9 Å². The van der Waals surface area contributed by atoms with E-state index in [0.717, 1.165) is 0 Å². The van der Waals surface area contributed by atoms with Gasteiger partial charge in [0.1, 0.15) is 0 Å². The maximum atomic E-state index is 5.89. The van der Waals surface area contributed by atoms with Crippen molar-refractivity contribution in [1.82, 2.24) is 5.32 Å². The van der Waals surface area contributed by atoms with Gasteiger partial charge in [0.2, 0.25) is 0 Å². The highest BCUT2D eigenvalue weighted by Crippen LogP contribution is 2.24. The summed E-state index contributed by atoms with van der Waals surface area (Å²) in [4.78, 5) is 0. The largest absolute Gasteiger partial charge is 0.329 e. The van der Waals surface area contributed by atoms with Gasteiger partial charge in [-0.25, -0.2) is 0 Å². The highest BCUT2D eigenvalue weighted by molar-refractivity contribution is 9.10. The molecule has 0 heterocycles. The van der Waals surface area contributed by atoms with Crippen molar-refractivity contribution in [3.8, 4) is 0 Å². The Morgan fingerprint density at radius 2 is 2.12 bits per heavy atom. The van der Waals surface area contributed by atoms with E-state index < -0.39 is 0 Å². The Labute approximate surface area is 112 Å². The minimum absolute atomic E-state index is 0.287. The average molecular weight is 297 g/mol. The van der Waals surface area contributed by atoms with Gasteiger partial charge < -0.3 is 11.1 Å². The van der Waals surface area contributed by atoms with Gasteiger partial charge in [0.05, 0.1) is 0 Å². The van der Waals surface area contributed by atoms with Crippen LogP contribution in [-0.2, 0) is 0 Å². The number of nitrogens with one attached hydrogen (secondary N) is 1. The predicted molar refractivity (Wildman–Crippen MR) is 76.1 cm³/mol. The lowest BCUT2D eigenvalue weighted by Gasteiger charge is -2.22. The first-order valence-electron chi connectivity index (χ1n) is 6.43. The van der Waals surface area contributed by atoms with Crippen LogP contribution in [0.4, 0.5) is 0 Å². The fourth-order valence-electron chi connectivity index (χ4n) is 2.50. The van der Waals surface area contributed by atoms with Crippen LogP contribution in [0.2, 0.25) is 0 Å². The maximum Gasteiger partial charge on any atom is 0.0447 e. The van der Waals surface area contributed by atoms with Gasteiger partial charge in [0.15, 0.2) is 0 Å². The average Bonchev–Trinajstić information content (AvgIpc) is 2.82. The number of hydrogen-bond donors (Lipinski definition) is 2. The van der Waals surface area contributed by atoms with Gasteiger partial charge >= 0.3 is 0 Å². The molecule has 0 amide bonds. The summed E-state index contributed by atoms with van der Waals surface area (Å²) in [6, 6.07) is 7.46. The Hall–Kier alpha value is -0.380. The first kappa shape index (κ1) is 13.1. The zero-order chi connectivity index (χ0) is 12.3. The van der Waals surface area contributed by atoms with Crippen molar-refractivity contribution < 1.29 is 0 Å². The SMILES string of the molecule is Cc1ccc(C(CN)NC2CCCC2)cc1Br. The van der Waals surface area contributed by atoms with Gasteiger partial charge in [-0.15, -0.1) is 0 Å². The molecule has 0 spiro atoms. The molecule has 2 rings (SSSR count). The van der Waals surface area contributed by atoms with Crippen LogP contribution in [0, 0.1) is 6.92 Å². The van der Waals surface area contributed by atoms with E-state index in [0.29, 0.717) is 12.6 Å². The summed E-state index contributed by atoms with van der Waals surface area (Å²) < 4.78 is 1.17. The molecule has 1 fully saturated rings. The molecule has 3 heteroatoms. The lowest BCUT2D eigenvalue weighted by atomic mass is 10.0. The van der Waals surface area contributed by atoms with Crippen molar-refractivity contribution in [2.75, 3.05) is 6.54 Å². The Morgan fingerprint density at radius 1 is 1.41 bits per heavy atom. The lowest BCUT2D eigenvalue weighted by Crippen LogP contribution is -2.35. The summed E-state index contributed by atoms with van der Waals surface area (Å²) in [6.07, 6.45) is 5.30. The van der Waals surface area contributed by atoms with Gasteiger partial charge in [-0.2, -0.15) is 0 Å². The van der Waals surface area contributed by atoms with Crippen molar-refractivity contribution in [3.05, 3.63) is 33.8 Å². The molecule has 1 aromatic rings. The van der Waals surface area contributed by atoms with Crippen LogP contribution in [-0.4, -0.2) is 12.6 Å². The molecule has 0 aromatic heterocycles. The molecule has 3 N–H and O–H groups in total. The molecule has 0 radical (unpaired) electrons. The molecule has 1 saturated carbocycles. The van der Waals surface area contributed by atoms with E-state index in [-0.39, 0.29) is 6.04 Å². The second-order valence-electron chi connectivity index (χ2n) is 4.94. The molecule has 2 nitrogen and oxygen atoms in total. The maximum absolute atomic E-state index is 5.89.